The fraction of sp³-hybridized carbons (Fsp3) is 0.158. The third-order valence-corrected chi connectivity index (χ3v) is 4.49. The highest BCUT2D eigenvalue weighted by Crippen LogP contribution is 2.27. The Hall–Kier alpha value is -3.88. The standard InChI is InChI=1S/C19H17N5O4/c1-11-7-8-28-15(11)18(26)20-16-13-9-24(10-14(13)22-23-16)19(27)21-17(25)12-5-3-2-4-6-12/h2-8H,9-10H2,1H3,(H,21,25,27)(H2,20,22,23,26). The van der Waals surface area contributed by atoms with Gasteiger partial charge in [-0.1, -0.05) is 18.2 Å². The number of anilines is 1. The van der Waals surface area contributed by atoms with Gasteiger partial charge < -0.3 is 14.6 Å². The molecular weight excluding hydrogens is 362 g/mol. The van der Waals surface area contributed by atoms with Crippen molar-refractivity contribution in [3.63, 3.8) is 0 Å². The Bertz CT molecular complexity index is 1050. The maximum atomic E-state index is 12.4. The molecule has 1 aliphatic heterocycles. The van der Waals surface area contributed by atoms with Crippen LogP contribution in [0, 0.1) is 6.92 Å². The van der Waals surface area contributed by atoms with Crippen molar-refractivity contribution >= 4 is 23.7 Å². The van der Waals surface area contributed by atoms with E-state index in [-0.39, 0.29) is 18.8 Å². The van der Waals surface area contributed by atoms with Crippen molar-refractivity contribution in [2.45, 2.75) is 20.0 Å². The number of carbonyl (C=O) groups is 3. The first-order valence-corrected chi connectivity index (χ1v) is 8.60. The van der Waals surface area contributed by atoms with Crippen LogP contribution in [0.1, 0.15) is 37.7 Å². The minimum absolute atomic E-state index is 0.212. The topological polar surface area (TPSA) is 120 Å². The molecule has 1 aromatic carbocycles. The van der Waals surface area contributed by atoms with Crippen LogP contribution in [-0.4, -0.2) is 32.9 Å². The summed E-state index contributed by atoms with van der Waals surface area (Å²) in [6, 6.07) is 9.66. The molecule has 1 aliphatic rings. The maximum Gasteiger partial charge on any atom is 0.324 e. The zero-order valence-corrected chi connectivity index (χ0v) is 15.0. The molecule has 3 aromatic rings. The second kappa shape index (κ2) is 7.03. The molecule has 4 rings (SSSR count). The molecular formula is C19H17N5O4. The van der Waals surface area contributed by atoms with E-state index >= 15 is 0 Å². The summed E-state index contributed by atoms with van der Waals surface area (Å²) in [5.41, 5.74) is 2.44. The fourth-order valence-electron chi connectivity index (χ4n) is 2.99. The summed E-state index contributed by atoms with van der Waals surface area (Å²) in [4.78, 5) is 38.3. The molecule has 28 heavy (non-hydrogen) atoms. The zero-order valence-electron chi connectivity index (χ0n) is 15.0. The van der Waals surface area contributed by atoms with Crippen molar-refractivity contribution in [2.75, 3.05) is 5.32 Å². The minimum atomic E-state index is -0.522. The Kier molecular flexibility index (Phi) is 4.40. The van der Waals surface area contributed by atoms with E-state index in [1.54, 1.807) is 43.3 Å². The lowest BCUT2D eigenvalue weighted by molar-refractivity contribution is 0.0950. The summed E-state index contributed by atoms with van der Waals surface area (Å²) < 4.78 is 5.18. The predicted molar refractivity (Wildman–Crippen MR) is 98.5 cm³/mol. The van der Waals surface area contributed by atoms with Crippen molar-refractivity contribution in [1.29, 1.82) is 0 Å². The molecule has 3 heterocycles. The van der Waals surface area contributed by atoms with Crippen LogP contribution >= 0.6 is 0 Å². The number of imide groups is 1. The van der Waals surface area contributed by atoms with Gasteiger partial charge in [-0.15, -0.1) is 0 Å². The van der Waals surface area contributed by atoms with Crippen molar-refractivity contribution in [2.24, 2.45) is 0 Å². The van der Waals surface area contributed by atoms with Gasteiger partial charge in [-0.2, -0.15) is 5.10 Å². The minimum Gasteiger partial charge on any atom is -0.459 e. The van der Waals surface area contributed by atoms with E-state index in [0.29, 0.717) is 28.2 Å². The van der Waals surface area contributed by atoms with Gasteiger partial charge >= 0.3 is 6.03 Å². The van der Waals surface area contributed by atoms with E-state index in [9.17, 15) is 14.4 Å². The molecule has 0 saturated heterocycles. The van der Waals surface area contributed by atoms with Crippen LogP contribution < -0.4 is 10.6 Å². The Balaban J connectivity index is 1.42. The number of H-pyrrole nitrogens is 1. The number of aromatic nitrogens is 2. The predicted octanol–water partition coefficient (Wildman–Crippen LogP) is 2.43. The molecule has 0 fully saturated rings. The van der Waals surface area contributed by atoms with Crippen molar-refractivity contribution in [1.82, 2.24) is 20.4 Å². The van der Waals surface area contributed by atoms with Gasteiger partial charge in [0.25, 0.3) is 11.8 Å². The Morgan fingerprint density at radius 1 is 1.11 bits per heavy atom. The first-order chi connectivity index (χ1) is 13.5. The van der Waals surface area contributed by atoms with E-state index in [0.717, 1.165) is 0 Å². The number of aromatic amines is 1. The Labute approximate surface area is 159 Å². The molecule has 0 unspecified atom stereocenters. The van der Waals surface area contributed by atoms with Gasteiger partial charge in [0, 0.05) is 16.7 Å². The van der Waals surface area contributed by atoms with Crippen molar-refractivity contribution in [3.8, 4) is 0 Å². The number of hydrogen-bond donors (Lipinski definition) is 3. The second-order valence-electron chi connectivity index (χ2n) is 6.39. The van der Waals surface area contributed by atoms with Crippen molar-refractivity contribution in [3.05, 3.63) is 70.8 Å². The number of rotatable bonds is 3. The lowest BCUT2D eigenvalue weighted by atomic mass is 10.2. The summed E-state index contributed by atoms with van der Waals surface area (Å²) in [6.45, 7) is 2.22. The molecule has 9 nitrogen and oxygen atoms in total. The molecule has 0 atom stereocenters. The van der Waals surface area contributed by atoms with Gasteiger partial charge in [-0.3, -0.25) is 20.0 Å². The van der Waals surface area contributed by atoms with E-state index in [2.05, 4.69) is 20.8 Å². The highest BCUT2D eigenvalue weighted by atomic mass is 16.3. The van der Waals surface area contributed by atoms with Crippen LogP contribution in [0.5, 0.6) is 0 Å². The zero-order chi connectivity index (χ0) is 19.7. The van der Waals surface area contributed by atoms with Crippen LogP contribution in [0.3, 0.4) is 0 Å². The number of aryl methyl sites for hydroxylation is 1. The summed E-state index contributed by atoms with van der Waals surface area (Å²) in [6.07, 6.45) is 1.44. The first-order valence-electron chi connectivity index (χ1n) is 8.60. The van der Waals surface area contributed by atoms with Gasteiger partial charge in [-0.25, -0.2) is 4.79 Å². The highest BCUT2D eigenvalue weighted by Gasteiger charge is 2.30. The molecule has 2 aromatic heterocycles. The average molecular weight is 379 g/mol. The smallest absolute Gasteiger partial charge is 0.324 e. The largest absolute Gasteiger partial charge is 0.459 e. The number of carbonyl (C=O) groups excluding carboxylic acids is 3. The van der Waals surface area contributed by atoms with Gasteiger partial charge in [-0.05, 0) is 25.1 Å². The highest BCUT2D eigenvalue weighted by molar-refractivity contribution is 6.05. The number of furan rings is 1. The third-order valence-electron chi connectivity index (χ3n) is 4.49. The van der Waals surface area contributed by atoms with E-state index in [1.165, 1.54) is 11.2 Å². The molecule has 0 radical (unpaired) electrons. The van der Waals surface area contributed by atoms with Crippen LogP contribution in [0.15, 0.2) is 47.1 Å². The molecule has 0 aliphatic carbocycles. The molecule has 0 saturated carbocycles. The van der Waals surface area contributed by atoms with Gasteiger partial charge in [0.05, 0.1) is 25.0 Å². The molecule has 9 heteroatoms. The van der Waals surface area contributed by atoms with Crippen LogP contribution in [0.4, 0.5) is 10.6 Å². The summed E-state index contributed by atoms with van der Waals surface area (Å²) >= 11 is 0. The summed E-state index contributed by atoms with van der Waals surface area (Å²) in [7, 11) is 0. The number of nitrogens with one attached hydrogen (secondary N) is 3. The average Bonchev–Trinajstić information content (AvgIpc) is 3.39. The number of urea groups is 1. The SMILES string of the molecule is Cc1ccoc1C(=O)Nc1[nH]nc2c1CN(C(=O)NC(=O)c1ccccc1)C2. The number of nitrogens with zero attached hydrogens (tertiary/aromatic N) is 2. The summed E-state index contributed by atoms with van der Waals surface area (Å²) in [5, 5.41) is 12.0. The van der Waals surface area contributed by atoms with Gasteiger partial charge in [0.2, 0.25) is 0 Å². The van der Waals surface area contributed by atoms with E-state index in [1.807, 2.05) is 0 Å². The lowest BCUT2D eigenvalue weighted by Crippen LogP contribution is -2.40. The monoisotopic (exact) mass is 379 g/mol. The number of benzene rings is 1. The molecule has 0 spiro atoms. The number of fused-ring (bicyclic) bond motifs is 1. The third kappa shape index (κ3) is 3.25. The first kappa shape index (κ1) is 17.5. The Morgan fingerprint density at radius 2 is 1.89 bits per heavy atom. The fourth-order valence-corrected chi connectivity index (χ4v) is 2.99. The second-order valence-corrected chi connectivity index (χ2v) is 6.39. The van der Waals surface area contributed by atoms with E-state index in [4.69, 9.17) is 4.42 Å². The molecule has 142 valence electrons. The molecule has 4 amide bonds. The number of amides is 4. The van der Waals surface area contributed by atoms with Gasteiger partial charge in [0.1, 0.15) is 5.82 Å². The Morgan fingerprint density at radius 3 is 2.61 bits per heavy atom. The van der Waals surface area contributed by atoms with Crippen LogP contribution in [-0.2, 0) is 13.1 Å². The van der Waals surface area contributed by atoms with Crippen molar-refractivity contribution < 1.29 is 18.8 Å². The van der Waals surface area contributed by atoms with Crippen LogP contribution in [0.2, 0.25) is 0 Å². The normalized spacial score (nSPS) is 12.5. The van der Waals surface area contributed by atoms with Crippen LogP contribution in [0.25, 0.3) is 0 Å². The number of hydrogen-bond acceptors (Lipinski definition) is 5. The van der Waals surface area contributed by atoms with Gasteiger partial charge in [0.15, 0.2) is 5.76 Å². The van der Waals surface area contributed by atoms with E-state index < -0.39 is 17.8 Å². The lowest BCUT2D eigenvalue weighted by Gasteiger charge is -2.16. The molecule has 0 bridgehead atoms. The maximum absolute atomic E-state index is 12.4. The summed E-state index contributed by atoms with van der Waals surface area (Å²) in [5.74, 6) is -0.264. The quantitative estimate of drug-likeness (QED) is 0.645. The molecule has 3 N–H and O–H groups in total.